The molecule has 0 aliphatic rings. The molecule has 21 heavy (non-hydrogen) atoms. The second-order valence-corrected chi connectivity index (χ2v) is 5.03. The fraction of sp³-hybridized carbons (Fsp3) is 0.357. The minimum Gasteiger partial charge on any atom is -0.454 e. The lowest BCUT2D eigenvalue weighted by Gasteiger charge is -2.08. The zero-order chi connectivity index (χ0) is 15.7. The number of rotatable bonds is 8. The molecule has 0 bridgehead atoms. The molecule has 0 aliphatic carbocycles. The van der Waals surface area contributed by atoms with Crippen LogP contribution in [0.4, 0.5) is 0 Å². The Hall–Kier alpha value is -2.02. The van der Waals surface area contributed by atoms with Gasteiger partial charge in [0.1, 0.15) is 5.94 Å². The highest BCUT2D eigenvalue weighted by atomic mass is 32.2. The van der Waals surface area contributed by atoms with Gasteiger partial charge in [0.15, 0.2) is 6.61 Å². The van der Waals surface area contributed by atoms with E-state index in [2.05, 4.69) is 0 Å². The van der Waals surface area contributed by atoms with E-state index in [9.17, 15) is 14.4 Å². The highest BCUT2D eigenvalue weighted by molar-refractivity contribution is 7.99. The maximum absolute atomic E-state index is 11.8. The van der Waals surface area contributed by atoms with Gasteiger partial charge in [-0.05, 0) is 18.6 Å². The Morgan fingerprint density at radius 3 is 2.57 bits per heavy atom. The van der Waals surface area contributed by atoms with E-state index in [1.165, 1.54) is 11.8 Å². The van der Waals surface area contributed by atoms with Gasteiger partial charge >= 0.3 is 11.9 Å². The summed E-state index contributed by atoms with van der Waals surface area (Å²) in [5.41, 5.74) is 5.22. The monoisotopic (exact) mass is 311 g/mol. The number of hydrogen-bond acceptors (Lipinski definition) is 6. The van der Waals surface area contributed by atoms with Crippen molar-refractivity contribution >= 4 is 29.6 Å². The molecule has 0 fully saturated rings. The first-order valence-electron chi connectivity index (χ1n) is 6.37. The van der Waals surface area contributed by atoms with E-state index in [4.69, 9.17) is 15.2 Å². The van der Waals surface area contributed by atoms with E-state index in [1.54, 1.807) is 24.3 Å². The summed E-state index contributed by atoms with van der Waals surface area (Å²) in [6.45, 7) is 1.42. The van der Waals surface area contributed by atoms with Crippen LogP contribution in [0.1, 0.15) is 30.1 Å². The summed E-state index contributed by atoms with van der Waals surface area (Å²) < 4.78 is 9.78. The lowest BCUT2D eigenvalue weighted by atomic mass is 10.2. The SMILES string of the molecule is CCCC(=O)OCSc1ccccc1C(=O)OCC(N)=O. The average Bonchev–Trinajstić information content (AvgIpc) is 2.45. The van der Waals surface area contributed by atoms with Crippen LogP contribution in [-0.2, 0) is 19.1 Å². The van der Waals surface area contributed by atoms with Crippen LogP contribution >= 0.6 is 11.8 Å². The first kappa shape index (κ1) is 17.0. The van der Waals surface area contributed by atoms with Gasteiger partial charge in [0.05, 0.1) is 5.56 Å². The summed E-state index contributed by atoms with van der Waals surface area (Å²) in [4.78, 5) is 34.3. The lowest BCUT2D eigenvalue weighted by molar-refractivity contribution is -0.141. The van der Waals surface area contributed by atoms with Crippen molar-refractivity contribution in [1.29, 1.82) is 0 Å². The van der Waals surface area contributed by atoms with Crippen LogP contribution in [0.2, 0.25) is 0 Å². The van der Waals surface area contributed by atoms with Gasteiger partial charge in [-0.3, -0.25) is 9.59 Å². The van der Waals surface area contributed by atoms with Crippen molar-refractivity contribution in [1.82, 2.24) is 0 Å². The predicted octanol–water partition coefficient (Wildman–Crippen LogP) is 1.72. The third kappa shape index (κ3) is 6.31. The summed E-state index contributed by atoms with van der Waals surface area (Å²) in [7, 11) is 0. The van der Waals surface area contributed by atoms with Crippen LogP contribution in [0.3, 0.4) is 0 Å². The Bertz CT molecular complexity index is 518. The zero-order valence-corrected chi connectivity index (χ0v) is 12.5. The minimum atomic E-state index is -0.720. The fourth-order valence-corrected chi connectivity index (χ4v) is 2.21. The van der Waals surface area contributed by atoms with Crippen molar-refractivity contribution in [3.05, 3.63) is 29.8 Å². The zero-order valence-electron chi connectivity index (χ0n) is 11.7. The van der Waals surface area contributed by atoms with Gasteiger partial charge in [-0.1, -0.05) is 30.8 Å². The molecule has 1 aromatic rings. The van der Waals surface area contributed by atoms with Gasteiger partial charge in [-0.25, -0.2) is 4.79 Å². The van der Waals surface area contributed by atoms with Crippen LogP contribution in [0.25, 0.3) is 0 Å². The Labute approximate surface area is 127 Å². The summed E-state index contributed by atoms with van der Waals surface area (Å²) >= 11 is 1.20. The summed E-state index contributed by atoms with van der Waals surface area (Å²) in [5.74, 6) is -1.53. The van der Waals surface area contributed by atoms with Crippen LogP contribution < -0.4 is 5.73 Å². The molecule has 6 nitrogen and oxygen atoms in total. The molecule has 0 aromatic heterocycles. The maximum Gasteiger partial charge on any atom is 0.339 e. The van der Waals surface area contributed by atoms with Gasteiger partial charge < -0.3 is 15.2 Å². The predicted molar refractivity (Wildman–Crippen MR) is 77.6 cm³/mol. The second kappa shape index (κ2) is 9.02. The number of carbonyl (C=O) groups is 3. The Morgan fingerprint density at radius 1 is 1.19 bits per heavy atom. The summed E-state index contributed by atoms with van der Waals surface area (Å²) in [6.07, 6.45) is 1.09. The van der Waals surface area contributed by atoms with Crippen molar-refractivity contribution in [3.63, 3.8) is 0 Å². The second-order valence-electron chi connectivity index (χ2n) is 4.07. The molecule has 114 valence electrons. The Balaban J connectivity index is 2.60. The van der Waals surface area contributed by atoms with Gasteiger partial charge in [-0.2, -0.15) is 0 Å². The molecule has 0 heterocycles. The van der Waals surface area contributed by atoms with Gasteiger partial charge in [-0.15, -0.1) is 0 Å². The number of primary amides is 1. The van der Waals surface area contributed by atoms with Crippen LogP contribution in [-0.4, -0.2) is 30.4 Å². The van der Waals surface area contributed by atoms with Crippen molar-refractivity contribution in [3.8, 4) is 0 Å². The molecule has 2 N–H and O–H groups in total. The van der Waals surface area contributed by atoms with Crippen molar-refractivity contribution in [2.75, 3.05) is 12.5 Å². The third-order valence-corrected chi connectivity index (χ3v) is 3.24. The Morgan fingerprint density at radius 2 is 1.90 bits per heavy atom. The van der Waals surface area contributed by atoms with Crippen LogP contribution in [0, 0.1) is 0 Å². The number of esters is 2. The normalized spacial score (nSPS) is 9.95. The number of amides is 1. The first-order chi connectivity index (χ1) is 10.0. The average molecular weight is 311 g/mol. The molecule has 1 amide bonds. The molecule has 0 saturated carbocycles. The Kier molecular flexibility index (Phi) is 7.31. The molecular formula is C14H17NO5S. The summed E-state index contributed by atoms with van der Waals surface area (Å²) in [5, 5.41) is 0. The van der Waals surface area contributed by atoms with Crippen molar-refractivity contribution < 1.29 is 23.9 Å². The van der Waals surface area contributed by atoms with Crippen LogP contribution in [0.5, 0.6) is 0 Å². The largest absolute Gasteiger partial charge is 0.454 e. The smallest absolute Gasteiger partial charge is 0.339 e. The molecule has 1 rings (SSSR count). The maximum atomic E-state index is 11.8. The number of hydrogen-bond donors (Lipinski definition) is 1. The van der Waals surface area contributed by atoms with E-state index < -0.39 is 18.5 Å². The van der Waals surface area contributed by atoms with Gasteiger partial charge in [0.2, 0.25) is 0 Å². The number of thioether (sulfide) groups is 1. The molecule has 0 spiro atoms. The van der Waals surface area contributed by atoms with Gasteiger partial charge in [0.25, 0.3) is 5.91 Å². The molecule has 0 atom stereocenters. The third-order valence-electron chi connectivity index (χ3n) is 2.34. The topological polar surface area (TPSA) is 95.7 Å². The van der Waals surface area contributed by atoms with Gasteiger partial charge in [0, 0.05) is 11.3 Å². The first-order valence-corrected chi connectivity index (χ1v) is 7.36. The number of carbonyl (C=O) groups excluding carboxylic acids is 3. The van der Waals surface area contributed by atoms with E-state index >= 15 is 0 Å². The minimum absolute atomic E-state index is 0.110. The number of nitrogens with two attached hydrogens (primary N) is 1. The number of benzene rings is 1. The summed E-state index contributed by atoms with van der Waals surface area (Å²) in [6, 6.07) is 6.70. The van der Waals surface area contributed by atoms with Crippen molar-refractivity contribution in [2.45, 2.75) is 24.7 Å². The lowest BCUT2D eigenvalue weighted by Crippen LogP contribution is -2.21. The molecular weight excluding hydrogens is 294 g/mol. The molecule has 0 aliphatic heterocycles. The number of ether oxygens (including phenoxy) is 2. The highest BCUT2D eigenvalue weighted by Gasteiger charge is 2.14. The molecule has 0 radical (unpaired) electrons. The van der Waals surface area contributed by atoms with Crippen molar-refractivity contribution in [2.24, 2.45) is 5.73 Å². The highest BCUT2D eigenvalue weighted by Crippen LogP contribution is 2.23. The van der Waals surface area contributed by atoms with E-state index in [0.29, 0.717) is 16.9 Å². The standard InChI is InChI=1S/C14H17NO5S/c1-2-5-13(17)20-9-21-11-7-4-3-6-10(11)14(18)19-8-12(15)16/h3-4,6-7H,2,5,8-9H2,1H3,(H2,15,16). The molecule has 0 unspecified atom stereocenters. The quantitative estimate of drug-likeness (QED) is 0.446. The van der Waals surface area contributed by atoms with E-state index in [1.807, 2.05) is 6.92 Å². The van der Waals surface area contributed by atoms with E-state index in [0.717, 1.165) is 6.42 Å². The molecule has 7 heteroatoms. The fourth-order valence-electron chi connectivity index (χ4n) is 1.41. The molecule has 0 saturated heterocycles. The molecule has 1 aromatic carbocycles. The van der Waals surface area contributed by atoms with Crippen LogP contribution in [0.15, 0.2) is 29.2 Å². The van der Waals surface area contributed by atoms with E-state index in [-0.39, 0.29) is 11.9 Å².